The third kappa shape index (κ3) is 4.92. The van der Waals surface area contributed by atoms with Gasteiger partial charge in [-0.2, -0.15) is 4.31 Å². The molecule has 1 saturated heterocycles. The Morgan fingerprint density at radius 2 is 1.81 bits per heavy atom. The Labute approximate surface area is 162 Å². The number of thiophene rings is 1. The molecule has 1 unspecified atom stereocenters. The summed E-state index contributed by atoms with van der Waals surface area (Å²) in [5.74, 6) is -0.443. The van der Waals surface area contributed by atoms with Gasteiger partial charge in [-0.25, -0.2) is 12.8 Å². The molecule has 1 amide bonds. The number of nitrogens with zero attached hydrogens (tertiary/aromatic N) is 2. The van der Waals surface area contributed by atoms with E-state index in [1.54, 1.807) is 16.2 Å². The predicted octanol–water partition coefficient (Wildman–Crippen LogP) is 0.435. The highest BCUT2D eigenvalue weighted by Gasteiger charge is 2.30. The van der Waals surface area contributed by atoms with Crippen LogP contribution in [0.1, 0.15) is 4.88 Å². The number of carbonyl (C=O) groups excluding carboxylic acids is 1. The Kier molecular flexibility index (Phi) is 6.25. The molecule has 146 valence electrons. The van der Waals surface area contributed by atoms with Gasteiger partial charge in [-0.3, -0.25) is 4.79 Å². The van der Waals surface area contributed by atoms with E-state index in [0.29, 0.717) is 19.6 Å². The third-order valence-corrected chi connectivity index (χ3v) is 7.34. The van der Waals surface area contributed by atoms with Crippen molar-refractivity contribution in [2.75, 3.05) is 39.8 Å². The van der Waals surface area contributed by atoms with Gasteiger partial charge >= 0.3 is 0 Å². The molecule has 9 heteroatoms. The van der Waals surface area contributed by atoms with Crippen molar-refractivity contribution in [3.05, 3.63) is 52.5 Å². The van der Waals surface area contributed by atoms with Crippen molar-refractivity contribution in [1.29, 1.82) is 0 Å². The van der Waals surface area contributed by atoms with Crippen molar-refractivity contribution >= 4 is 27.3 Å². The van der Waals surface area contributed by atoms with E-state index in [0.717, 1.165) is 23.6 Å². The molecule has 1 aromatic carbocycles. The van der Waals surface area contributed by atoms with Gasteiger partial charge < -0.3 is 9.80 Å². The van der Waals surface area contributed by atoms with E-state index < -0.39 is 15.8 Å². The summed E-state index contributed by atoms with van der Waals surface area (Å²) in [6.07, 6.45) is 0. The molecule has 1 fully saturated rings. The van der Waals surface area contributed by atoms with Crippen LogP contribution in [0.25, 0.3) is 0 Å². The van der Waals surface area contributed by atoms with Gasteiger partial charge in [0.05, 0.1) is 16.8 Å². The predicted molar refractivity (Wildman–Crippen MR) is 102 cm³/mol. The average molecular weight is 413 g/mol. The Hall–Kier alpha value is -1.81. The minimum atomic E-state index is -3.66. The van der Waals surface area contributed by atoms with Crippen LogP contribution in [0.2, 0.25) is 0 Å². The molecular weight excluding hydrogens is 389 g/mol. The van der Waals surface area contributed by atoms with Crippen LogP contribution in [-0.2, 0) is 21.4 Å². The molecule has 0 radical (unpaired) electrons. The van der Waals surface area contributed by atoms with Crippen LogP contribution in [0, 0.1) is 5.82 Å². The number of amides is 1. The first kappa shape index (κ1) is 19.9. The van der Waals surface area contributed by atoms with E-state index in [4.69, 9.17) is 0 Å². The highest BCUT2D eigenvalue weighted by Crippen LogP contribution is 2.18. The number of rotatable bonds is 6. The van der Waals surface area contributed by atoms with Gasteiger partial charge in [-0.05, 0) is 35.7 Å². The zero-order valence-electron chi connectivity index (χ0n) is 15.1. The number of benzene rings is 1. The van der Waals surface area contributed by atoms with Crippen LogP contribution in [-0.4, -0.2) is 63.3 Å². The van der Waals surface area contributed by atoms with Gasteiger partial charge in [-0.15, -0.1) is 11.3 Å². The smallest absolute Gasteiger partial charge is 0.277 e. The fourth-order valence-corrected chi connectivity index (χ4v) is 5.32. The number of hydrogen-bond acceptors (Lipinski definition) is 4. The summed E-state index contributed by atoms with van der Waals surface area (Å²) in [7, 11) is -1.68. The van der Waals surface area contributed by atoms with Gasteiger partial charge in [-0.1, -0.05) is 6.07 Å². The lowest BCUT2D eigenvalue weighted by molar-refractivity contribution is -0.885. The number of sulfonamides is 1. The van der Waals surface area contributed by atoms with E-state index in [1.807, 2.05) is 18.5 Å². The van der Waals surface area contributed by atoms with Crippen molar-refractivity contribution in [3.8, 4) is 0 Å². The molecule has 1 aromatic heterocycles. The molecule has 1 N–H and O–H groups in total. The summed E-state index contributed by atoms with van der Waals surface area (Å²) in [4.78, 5) is 16.6. The Balaban J connectivity index is 1.53. The molecule has 2 aromatic rings. The molecule has 1 aliphatic rings. The van der Waals surface area contributed by atoms with Gasteiger partial charge in [0.1, 0.15) is 12.4 Å². The van der Waals surface area contributed by atoms with Crippen molar-refractivity contribution in [2.45, 2.75) is 11.4 Å². The van der Waals surface area contributed by atoms with Gasteiger partial charge in [0.15, 0.2) is 6.54 Å². The van der Waals surface area contributed by atoms with Crippen molar-refractivity contribution < 1.29 is 22.5 Å². The number of hydrogen-bond donors (Lipinski definition) is 1. The number of piperazine rings is 1. The van der Waals surface area contributed by atoms with Gasteiger partial charge in [0.2, 0.25) is 10.0 Å². The highest BCUT2D eigenvalue weighted by molar-refractivity contribution is 7.89. The van der Waals surface area contributed by atoms with E-state index in [9.17, 15) is 17.6 Å². The first-order valence-corrected chi connectivity index (χ1v) is 11.1. The number of likely N-dealkylation sites (N-methyl/N-ethyl adjacent to an activating group) is 1. The topological polar surface area (TPSA) is 62.1 Å². The van der Waals surface area contributed by atoms with Crippen molar-refractivity contribution in [1.82, 2.24) is 9.21 Å². The molecule has 0 bridgehead atoms. The van der Waals surface area contributed by atoms with E-state index in [-0.39, 0.29) is 23.9 Å². The lowest BCUT2D eigenvalue weighted by atomic mass is 10.3. The van der Waals surface area contributed by atoms with Crippen LogP contribution < -0.4 is 4.90 Å². The summed E-state index contributed by atoms with van der Waals surface area (Å²) in [5.41, 5.74) is 0. The van der Waals surface area contributed by atoms with Crippen LogP contribution in [0.3, 0.4) is 0 Å². The second-order valence-corrected chi connectivity index (χ2v) is 9.60. The standard InChI is InChI=1S/C18H22FN3O3S2/c1-20(13-16-3-2-12-26-16)14-18(23)21-8-10-22(11-9-21)27(24,25)17-6-4-15(19)5-7-17/h2-7,12H,8-11,13-14H2,1H3/p+1. The molecule has 6 nitrogen and oxygen atoms in total. The monoisotopic (exact) mass is 412 g/mol. The minimum Gasteiger partial charge on any atom is -0.335 e. The van der Waals surface area contributed by atoms with Crippen LogP contribution in [0.4, 0.5) is 4.39 Å². The number of quaternary nitrogens is 1. The maximum atomic E-state index is 13.0. The molecule has 0 saturated carbocycles. The largest absolute Gasteiger partial charge is 0.335 e. The molecule has 0 spiro atoms. The maximum Gasteiger partial charge on any atom is 0.277 e. The zero-order valence-corrected chi connectivity index (χ0v) is 16.7. The summed E-state index contributed by atoms with van der Waals surface area (Å²) < 4.78 is 39.6. The molecule has 1 aliphatic heterocycles. The quantitative estimate of drug-likeness (QED) is 0.749. The normalized spacial score (nSPS) is 17.0. The average Bonchev–Trinajstić information content (AvgIpc) is 3.15. The fourth-order valence-electron chi connectivity index (χ4n) is 3.08. The highest BCUT2D eigenvalue weighted by atomic mass is 32.2. The Bertz CT molecular complexity index is 862. The summed E-state index contributed by atoms with van der Waals surface area (Å²) in [6, 6.07) is 8.86. The fraction of sp³-hybridized carbons (Fsp3) is 0.389. The lowest BCUT2D eigenvalue weighted by Gasteiger charge is -2.34. The molecule has 0 aliphatic carbocycles. The van der Waals surface area contributed by atoms with Gasteiger partial charge in [0.25, 0.3) is 5.91 Å². The second-order valence-electron chi connectivity index (χ2n) is 6.63. The summed E-state index contributed by atoms with van der Waals surface area (Å²) >= 11 is 1.67. The molecule has 1 atom stereocenters. The SMILES string of the molecule is C[NH+](CC(=O)N1CCN(S(=O)(=O)c2ccc(F)cc2)CC1)Cc1cccs1. The first-order chi connectivity index (χ1) is 12.9. The third-order valence-electron chi connectivity index (χ3n) is 4.55. The molecule has 3 rings (SSSR count). The van der Waals surface area contributed by atoms with Crippen LogP contribution in [0.5, 0.6) is 0 Å². The van der Waals surface area contributed by atoms with Crippen molar-refractivity contribution in [2.24, 2.45) is 0 Å². The van der Waals surface area contributed by atoms with E-state index >= 15 is 0 Å². The van der Waals surface area contributed by atoms with Crippen molar-refractivity contribution in [3.63, 3.8) is 0 Å². The molecule has 27 heavy (non-hydrogen) atoms. The van der Waals surface area contributed by atoms with Gasteiger partial charge in [0, 0.05) is 26.2 Å². The van der Waals surface area contributed by atoms with E-state index in [2.05, 4.69) is 6.07 Å². The second kappa shape index (κ2) is 8.47. The summed E-state index contributed by atoms with van der Waals surface area (Å²) in [6.45, 7) is 2.40. The Morgan fingerprint density at radius 1 is 1.15 bits per heavy atom. The number of halogens is 1. The lowest BCUT2D eigenvalue weighted by Crippen LogP contribution is -3.08. The zero-order chi connectivity index (χ0) is 19.4. The number of carbonyl (C=O) groups is 1. The number of nitrogens with one attached hydrogen (secondary N) is 1. The molecule has 2 heterocycles. The minimum absolute atomic E-state index is 0.0305. The summed E-state index contributed by atoms with van der Waals surface area (Å²) in [5, 5.41) is 2.02. The van der Waals surface area contributed by atoms with E-state index in [1.165, 1.54) is 21.3 Å². The maximum absolute atomic E-state index is 13.0. The Morgan fingerprint density at radius 3 is 2.41 bits per heavy atom. The first-order valence-electron chi connectivity index (χ1n) is 8.73. The molecular formula is C18H23FN3O3S2+. The van der Waals surface area contributed by atoms with Crippen LogP contribution in [0.15, 0.2) is 46.7 Å². The van der Waals surface area contributed by atoms with Crippen LogP contribution >= 0.6 is 11.3 Å².